The van der Waals surface area contributed by atoms with Crippen molar-refractivity contribution in [1.82, 2.24) is 16.0 Å². The number of rotatable bonds is 2. The summed E-state index contributed by atoms with van der Waals surface area (Å²) in [6, 6.07) is -0.766. The van der Waals surface area contributed by atoms with Crippen molar-refractivity contribution in [2.75, 3.05) is 6.54 Å². The summed E-state index contributed by atoms with van der Waals surface area (Å²) < 4.78 is 0. The Kier molecular flexibility index (Phi) is 3.73. The third-order valence-corrected chi connectivity index (χ3v) is 3.18. The van der Waals surface area contributed by atoms with Gasteiger partial charge in [-0.3, -0.25) is 19.7 Å². The second kappa shape index (κ2) is 5.27. The van der Waals surface area contributed by atoms with Crippen molar-refractivity contribution in [3.63, 3.8) is 0 Å². The third kappa shape index (κ3) is 3.03. The van der Waals surface area contributed by atoms with Crippen molar-refractivity contribution in [3.05, 3.63) is 0 Å². The maximum absolute atomic E-state index is 11.9. The van der Waals surface area contributed by atoms with Crippen LogP contribution >= 0.6 is 0 Å². The molecule has 2 aliphatic rings. The molecule has 6 nitrogen and oxygen atoms in total. The molecule has 2 heterocycles. The molecular weight excluding hydrogens is 222 g/mol. The van der Waals surface area contributed by atoms with Gasteiger partial charge >= 0.3 is 0 Å². The minimum atomic E-state index is -0.566. The van der Waals surface area contributed by atoms with Crippen LogP contribution in [0.1, 0.15) is 32.1 Å². The second-order valence-corrected chi connectivity index (χ2v) is 4.51. The second-order valence-electron chi connectivity index (χ2n) is 4.51. The molecular formula is C11H17N3O3. The lowest BCUT2D eigenvalue weighted by Crippen LogP contribution is -2.56. The highest BCUT2D eigenvalue weighted by Gasteiger charge is 2.30. The topological polar surface area (TPSA) is 87.3 Å². The Morgan fingerprint density at radius 1 is 1.24 bits per heavy atom. The van der Waals surface area contributed by atoms with E-state index in [4.69, 9.17) is 0 Å². The van der Waals surface area contributed by atoms with Gasteiger partial charge in [-0.1, -0.05) is 6.42 Å². The fourth-order valence-electron chi connectivity index (χ4n) is 2.18. The van der Waals surface area contributed by atoms with Crippen LogP contribution in [0.3, 0.4) is 0 Å². The molecule has 0 radical (unpaired) electrons. The average molecular weight is 239 g/mol. The van der Waals surface area contributed by atoms with Crippen molar-refractivity contribution in [1.29, 1.82) is 0 Å². The highest BCUT2D eigenvalue weighted by Crippen LogP contribution is 2.09. The molecule has 17 heavy (non-hydrogen) atoms. The molecule has 0 spiro atoms. The van der Waals surface area contributed by atoms with E-state index in [0.29, 0.717) is 6.42 Å². The van der Waals surface area contributed by atoms with Gasteiger partial charge in [0, 0.05) is 6.42 Å². The minimum Gasteiger partial charge on any atom is -0.343 e. The maximum Gasteiger partial charge on any atom is 0.249 e. The van der Waals surface area contributed by atoms with Crippen molar-refractivity contribution in [2.24, 2.45) is 0 Å². The lowest BCUT2D eigenvalue weighted by Gasteiger charge is -2.27. The number of hydrogen-bond donors (Lipinski definition) is 3. The molecule has 94 valence electrons. The zero-order valence-corrected chi connectivity index (χ0v) is 9.62. The summed E-state index contributed by atoms with van der Waals surface area (Å²) in [5, 5.41) is 8.04. The van der Waals surface area contributed by atoms with E-state index >= 15 is 0 Å². The van der Waals surface area contributed by atoms with Gasteiger partial charge in [-0.2, -0.15) is 0 Å². The Morgan fingerprint density at radius 2 is 2.06 bits per heavy atom. The van der Waals surface area contributed by atoms with E-state index in [1.54, 1.807) is 0 Å². The number of piperidine rings is 2. The number of imide groups is 1. The van der Waals surface area contributed by atoms with E-state index < -0.39 is 11.9 Å². The summed E-state index contributed by atoms with van der Waals surface area (Å²) >= 11 is 0. The fraction of sp³-hybridized carbons (Fsp3) is 0.727. The fourth-order valence-corrected chi connectivity index (χ4v) is 2.18. The number of carbonyl (C=O) groups excluding carboxylic acids is 3. The molecule has 0 bridgehead atoms. The zero-order valence-electron chi connectivity index (χ0n) is 9.62. The Hall–Kier alpha value is -1.43. The van der Waals surface area contributed by atoms with Crippen LogP contribution in [0, 0.1) is 0 Å². The van der Waals surface area contributed by atoms with Gasteiger partial charge in [0.05, 0.1) is 6.04 Å². The number of amides is 3. The molecule has 0 aromatic heterocycles. The number of carbonyl (C=O) groups is 3. The highest BCUT2D eigenvalue weighted by atomic mass is 16.2. The molecule has 6 heteroatoms. The number of hydrogen-bond acceptors (Lipinski definition) is 4. The molecule has 0 aliphatic carbocycles. The molecule has 0 saturated carbocycles. The van der Waals surface area contributed by atoms with Crippen LogP contribution in [0.5, 0.6) is 0 Å². The first-order chi connectivity index (χ1) is 8.16. The largest absolute Gasteiger partial charge is 0.343 e. The predicted molar refractivity (Wildman–Crippen MR) is 60.0 cm³/mol. The van der Waals surface area contributed by atoms with Gasteiger partial charge < -0.3 is 10.6 Å². The average Bonchev–Trinajstić information content (AvgIpc) is 2.34. The molecule has 3 amide bonds. The quantitative estimate of drug-likeness (QED) is 0.542. The van der Waals surface area contributed by atoms with Crippen LogP contribution in [0.15, 0.2) is 0 Å². The van der Waals surface area contributed by atoms with E-state index in [0.717, 1.165) is 25.8 Å². The summed E-state index contributed by atoms with van der Waals surface area (Å²) in [5.41, 5.74) is 0. The van der Waals surface area contributed by atoms with E-state index in [9.17, 15) is 14.4 Å². The first-order valence-corrected chi connectivity index (χ1v) is 6.04. The van der Waals surface area contributed by atoms with Crippen molar-refractivity contribution in [3.8, 4) is 0 Å². The van der Waals surface area contributed by atoms with Gasteiger partial charge in [0.15, 0.2) is 0 Å². The Labute approximate surface area is 99.5 Å². The van der Waals surface area contributed by atoms with Crippen molar-refractivity contribution in [2.45, 2.75) is 44.2 Å². The summed E-state index contributed by atoms with van der Waals surface area (Å²) in [5.74, 6) is -0.805. The molecule has 0 aromatic rings. The highest BCUT2D eigenvalue weighted by molar-refractivity contribution is 6.02. The summed E-state index contributed by atoms with van der Waals surface area (Å²) in [6.07, 6.45) is 3.60. The Bertz CT molecular complexity index is 337. The molecule has 2 rings (SSSR count). The zero-order chi connectivity index (χ0) is 12.3. The van der Waals surface area contributed by atoms with Gasteiger partial charge in [0.2, 0.25) is 17.7 Å². The summed E-state index contributed by atoms with van der Waals surface area (Å²) in [6.45, 7) is 0.841. The SMILES string of the molecule is O=C1CCC(NC(=O)[C@H]2CCCCN2)C(=O)N1. The van der Waals surface area contributed by atoms with Crippen LogP contribution in [0.2, 0.25) is 0 Å². The monoisotopic (exact) mass is 239 g/mol. The van der Waals surface area contributed by atoms with E-state index in [2.05, 4.69) is 16.0 Å². The Balaban J connectivity index is 1.85. The first-order valence-electron chi connectivity index (χ1n) is 6.04. The summed E-state index contributed by atoms with van der Waals surface area (Å²) in [4.78, 5) is 34.3. The molecule has 2 saturated heterocycles. The molecule has 2 fully saturated rings. The minimum absolute atomic E-state index is 0.140. The Morgan fingerprint density at radius 3 is 2.71 bits per heavy atom. The maximum atomic E-state index is 11.9. The van der Waals surface area contributed by atoms with Crippen LogP contribution in [0.4, 0.5) is 0 Å². The van der Waals surface area contributed by atoms with Crippen LogP contribution in [-0.4, -0.2) is 36.3 Å². The van der Waals surface area contributed by atoms with Gasteiger partial charge in [0.1, 0.15) is 6.04 Å². The molecule has 0 aromatic carbocycles. The summed E-state index contributed by atoms with van der Waals surface area (Å²) in [7, 11) is 0. The lowest BCUT2D eigenvalue weighted by molar-refractivity contribution is -0.137. The van der Waals surface area contributed by atoms with Crippen LogP contribution in [0.25, 0.3) is 0 Å². The lowest BCUT2D eigenvalue weighted by atomic mass is 10.0. The predicted octanol–water partition coefficient (Wildman–Crippen LogP) is -0.950. The van der Waals surface area contributed by atoms with Crippen molar-refractivity contribution < 1.29 is 14.4 Å². The van der Waals surface area contributed by atoms with E-state index in [1.165, 1.54) is 0 Å². The third-order valence-electron chi connectivity index (χ3n) is 3.18. The standard InChI is InChI=1S/C11H17N3O3/c15-9-5-4-8(11(17)14-9)13-10(16)7-3-1-2-6-12-7/h7-8,12H,1-6H2,(H,13,16)(H,14,15,17)/t7-,8?/m1/s1. The van der Waals surface area contributed by atoms with Crippen LogP contribution in [-0.2, 0) is 14.4 Å². The molecule has 3 N–H and O–H groups in total. The van der Waals surface area contributed by atoms with Gasteiger partial charge in [-0.15, -0.1) is 0 Å². The molecule has 2 aliphatic heterocycles. The van der Waals surface area contributed by atoms with Crippen LogP contribution < -0.4 is 16.0 Å². The van der Waals surface area contributed by atoms with Gasteiger partial charge in [0.25, 0.3) is 0 Å². The van der Waals surface area contributed by atoms with Gasteiger partial charge in [-0.05, 0) is 25.8 Å². The van der Waals surface area contributed by atoms with Gasteiger partial charge in [-0.25, -0.2) is 0 Å². The van der Waals surface area contributed by atoms with E-state index in [1.807, 2.05) is 0 Å². The normalized spacial score (nSPS) is 29.6. The number of nitrogens with one attached hydrogen (secondary N) is 3. The van der Waals surface area contributed by atoms with E-state index in [-0.39, 0.29) is 24.3 Å². The molecule has 1 unspecified atom stereocenters. The first kappa shape index (κ1) is 12.0. The molecule has 2 atom stereocenters. The smallest absolute Gasteiger partial charge is 0.249 e. The van der Waals surface area contributed by atoms with Crippen molar-refractivity contribution >= 4 is 17.7 Å².